The molecule has 5 heteroatoms. The molecule has 122 valence electrons. The monoisotopic (exact) mass is 313 g/mol. The van der Waals surface area contributed by atoms with Crippen molar-refractivity contribution in [2.75, 3.05) is 13.1 Å². The van der Waals surface area contributed by atoms with Crippen LogP contribution in [0.1, 0.15) is 49.1 Å². The van der Waals surface area contributed by atoms with Gasteiger partial charge >= 0.3 is 6.18 Å². The Kier molecular flexibility index (Phi) is 4.46. The highest BCUT2D eigenvalue weighted by Crippen LogP contribution is 2.38. The summed E-state index contributed by atoms with van der Waals surface area (Å²) < 4.78 is 38.6. The van der Waals surface area contributed by atoms with Crippen LogP contribution in [0.25, 0.3) is 0 Å². The van der Waals surface area contributed by atoms with Crippen molar-refractivity contribution in [3.05, 3.63) is 35.4 Å². The van der Waals surface area contributed by atoms with Crippen LogP contribution in [-0.4, -0.2) is 35.2 Å². The lowest BCUT2D eigenvalue weighted by molar-refractivity contribution is -0.137. The summed E-state index contributed by atoms with van der Waals surface area (Å²) in [5, 5.41) is 9.67. The number of rotatable bonds is 2. The first-order chi connectivity index (χ1) is 10.4. The number of benzene rings is 1. The Morgan fingerprint density at radius 2 is 1.95 bits per heavy atom. The molecule has 1 heterocycles. The minimum atomic E-state index is -4.27. The quantitative estimate of drug-likeness (QED) is 0.898. The fraction of sp³-hybridized carbons (Fsp3) is 0.647. The predicted molar refractivity (Wildman–Crippen MR) is 78.6 cm³/mol. The van der Waals surface area contributed by atoms with E-state index in [2.05, 4.69) is 4.90 Å². The Bertz CT molecular complexity index is 517. The van der Waals surface area contributed by atoms with Gasteiger partial charge in [0.1, 0.15) is 0 Å². The highest BCUT2D eigenvalue weighted by molar-refractivity contribution is 5.28. The first-order valence-corrected chi connectivity index (χ1v) is 8.03. The molecule has 0 radical (unpaired) electrons. The average molecular weight is 313 g/mol. The third-order valence-corrected chi connectivity index (χ3v) is 5.04. The van der Waals surface area contributed by atoms with Crippen molar-refractivity contribution in [1.82, 2.24) is 4.90 Å². The first-order valence-electron chi connectivity index (χ1n) is 8.03. The zero-order valence-corrected chi connectivity index (χ0v) is 12.5. The van der Waals surface area contributed by atoms with Crippen LogP contribution in [0.4, 0.5) is 13.2 Å². The van der Waals surface area contributed by atoms with E-state index >= 15 is 0 Å². The molecule has 1 saturated carbocycles. The van der Waals surface area contributed by atoms with Crippen LogP contribution in [0.15, 0.2) is 24.3 Å². The fourth-order valence-corrected chi connectivity index (χ4v) is 3.87. The normalized spacial score (nSPS) is 30.6. The summed E-state index contributed by atoms with van der Waals surface area (Å²) in [6.07, 6.45) is 0.269. The molecule has 2 aliphatic rings. The van der Waals surface area contributed by atoms with Gasteiger partial charge in [0.15, 0.2) is 0 Å². The highest BCUT2D eigenvalue weighted by atomic mass is 19.4. The number of hydrogen-bond donors (Lipinski definition) is 1. The van der Waals surface area contributed by atoms with Gasteiger partial charge in [0.25, 0.3) is 0 Å². The van der Waals surface area contributed by atoms with Crippen molar-refractivity contribution in [1.29, 1.82) is 0 Å². The molecular weight excluding hydrogens is 291 g/mol. The lowest BCUT2D eigenvalue weighted by atomic mass is 9.80. The minimum Gasteiger partial charge on any atom is -0.392 e. The van der Waals surface area contributed by atoms with E-state index in [-0.39, 0.29) is 12.0 Å². The van der Waals surface area contributed by atoms with E-state index in [4.69, 9.17) is 0 Å². The Balaban J connectivity index is 1.72. The predicted octanol–water partition coefficient (Wildman–Crippen LogP) is 3.80. The van der Waals surface area contributed by atoms with Crippen molar-refractivity contribution in [3.8, 4) is 0 Å². The molecule has 1 saturated heterocycles. The molecule has 1 aromatic carbocycles. The number of hydrogen-bond acceptors (Lipinski definition) is 2. The Labute approximate surface area is 128 Å². The second-order valence-electron chi connectivity index (χ2n) is 6.58. The first kappa shape index (κ1) is 15.8. The van der Waals surface area contributed by atoms with Gasteiger partial charge in [-0.05, 0) is 43.2 Å². The van der Waals surface area contributed by atoms with Gasteiger partial charge in [0.2, 0.25) is 0 Å². The molecule has 3 atom stereocenters. The van der Waals surface area contributed by atoms with E-state index in [1.54, 1.807) is 0 Å². The number of alkyl halides is 3. The summed E-state index contributed by atoms with van der Waals surface area (Å²) >= 11 is 0. The van der Waals surface area contributed by atoms with Gasteiger partial charge in [-0.2, -0.15) is 13.2 Å². The fourth-order valence-electron chi connectivity index (χ4n) is 3.87. The summed E-state index contributed by atoms with van der Waals surface area (Å²) in [6, 6.07) is 6.18. The molecule has 0 aromatic heterocycles. The van der Waals surface area contributed by atoms with E-state index in [1.807, 2.05) is 6.07 Å². The van der Waals surface area contributed by atoms with E-state index in [0.29, 0.717) is 12.6 Å². The summed E-state index contributed by atoms with van der Waals surface area (Å²) in [5.41, 5.74) is 0.253. The molecule has 3 rings (SSSR count). The molecule has 0 spiro atoms. The van der Waals surface area contributed by atoms with E-state index in [0.717, 1.165) is 50.3 Å². The SMILES string of the molecule is OC1CCN(C2CCCC(c3cccc(C(F)(F)F)c3)C2)C1. The van der Waals surface area contributed by atoms with Gasteiger partial charge in [-0.1, -0.05) is 24.6 Å². The third kappa shape index (κ3) is 3.46. The molecular formula is C17H22F3NO. The molecule has 1 aliphatic heterocycles. The van der Waals surface area contributed by atoms with Gasteiger partial charge in [0, 0.05) is 19.1 Å². The van der Waals surface area contributed by atoms with Crippen molar-refractivity contribution >= 4 is 0 Å². The van der Waals surface area contributed by atoms with Gasteiger partial charge in [0.05, 0.1) is 11.7 Å². The van der Waals surface area contributed by atoms with Gasteiger partial charge < -0.3 is 5.11 Å². The van der Waals surface area contributed by atoms with Crippen molar-refractivity contribution in [2.24, 2.45) is 0 Å². The highest BCUT2D eigenvalue weighted by Gasteiger charge is 2.34. The van der Waals surface area contributed by atoms with E-state index in [1.165, 1.54) is 12.1 Å². The summed E-state index contributed by atoms with van der Waals surface area (Å²) in [7, 11) is 0. The average Bonchev–Trinajstić information content (AvgIpc) is 2.93. The lowest BCUT2D eigenvalue weighted by Gasteiger charge is -2.35. The maximum absolute atomic E-state index is 12.9. The van der Waals surface area contributed by atoms with Crippen LogP contribution in [0.5, 0.6) is 0 Å². The molecule has 2 fully saturated rings. The lowest BCUT2D eigenvalue weighted by Crippen LogP contribution is -2.37. The standard InChI is InChI=1S/C17H22F3NO/c18-17(19,20)14-5-1-3-12(9-14)13-4-2-6-15(10-13)21-8-7-16(22)11-21/h1,3,5,9,13,15-16,22H,2,4,6-8,10-11H2. The van der Waals surface area contributed by atoms with Crippen LogP contribution in [0.2, 0.25) is 0 Å². The van der Waals surface area contributed by atoms with Crippen molar-refractivity contribution < 1.29 is 18.3 Å². The van der Waals surface area contributed by atoms with E-state index < -0.39 is 11.7 Å². The topological polar surface area (TPSA) is 23.5 Å². The maximum atomic E-state index is 12.9. The van der Waals surface area contributed by atoms with Crippen LogP contribution >= 0.6 is 0 Å². The van der Waals surface area contributed by atoms with E-state index in [9.17, 15) is 18.3 Å². The number of likely N-dealkylation sites (tertiary alicyclic amines) is 1. The molecule has 1 aromatic rings. The molecule has 0 amide bonds. The Morgan fingerprint density at radius 1 is 1.14 bits per heavy atom. The Hall–Kier alpha value is -1.07. The molecule has 3 unspecified atom stereocenters. The maximum Gasteiger partial charge on any atom is 0.416 e. The zero-order chi connectivity index (χ0) is 15.7. The number of aliphatic hydroxyl groups excluding tert-OH is 1. The molecule has 1 aliphatic carbocycles. The third-order valence-electron chi connectivity index (χ3n) is 5.04. The molecule has 22 heavy (non-hydrogen) atoms. The molecule has 2 nitrogen and oxygen atoms in total. The molecule has 1 N–H and O–H groups in total. The largest absolute Gasteiger partial charge is 0.416 e. The number of nitrogens with zero attached hydrogens (tertiary/aromatic N) is 1. The number of β-amino-alcohol motifs (C(OH)–C–C–N with tert-alkyl or cyclic N) is 1. The summed E-state index contributed by atoms with van der Waals surface area (Å²) in [4.78, 5) is 2.31. The smallest absolute Gasteiger partial charge is 0.392 e. The Morgan fingerprint density at radius 3 is 2.64 bits per heavy atom. The van der Waals surface area contributed by atoms with Gasteiger partial charge in [-0.3, -0.25) is 4.90 Å². The minimum absolute atomic E-state index is 0.193. The van der Waals surface area contributed by atoms with Crippen LogP contribution in [0, 0.1) is 0 Å². The second-order valence-corrected chi connectivity index (χ2v) is 6.58. The summed E-state index contributed by atoms with van der Waals surface area (Å²) in [5.74, 6) is 0.193. The van der Waals surface area contributed by atoms with Crippen molar-refractivity contribution in [3.63, 3.8) is 0 Å². The van der Waals surface area contributed by atoms with Crippen LogP contribution < -0.4 is 0 Å². The molecule has 0 bridgehead atoms. The van der Waals surface area contributed by atoms with Crippen LogP contribution in [0.3, 0.4) is 0 Å². The summed E-state index contributed by atoms with van der Waals surface area (Å²) in [6.45, 7) is 1.61. The van der Waals surface area contributed by atoms with Crippen molar-refractivity contribution in [2.45, 2.75) is 56.3 Å². The zero-order valence-electron chi connectivity index (χ0n) is 12.5. The second kappa shape index (κ2) is 6.20. The number of halogens is 3. The van der Waals surface area contributed by atoms with Gasteiger partial charge in [-0.15, -0.1) is 0 Å². The van der Waals surface area contributed by atoms with Gasteiger partial charge in [-0.25, -0.2) is 0 Å². The number of aliphatic hydroxyl groups is 1. The van der Waals surface area contributed by atoms with Crippen LogP contribution in [-0.2, 0) is 6.18 Å².